The molecule has 0 spiro atoms. The highest BCUT2D eigenvalue weighted by atomic mass is 32.1. The molecule has 1 unspecified atom stereocenters. The third-order valence-corrected chi connectivity index (χ3v) is 2.36. The number of nitrogens with zero attached hydrogens (tertiary/aromatic N) is 2. The molecule has 1 heterocycles. The Kier molecular flexibility index (Phi) is 4.40. The quantitative estimate of drug-likeness (QED) is 0.714. The summed E-state index contributed by atoms with van der Waals surface area (Å²) in [6.07, 6.45) is 1.71. The number of aromatic nitrogens is 1. The number of thiazole rings is 1. The first kappa shape index (κ1) is 10.1. The van der Waals surface area contributed by atoms with Crippen molar-refractivity contribution in [3.05, 3.63) is 16.6 Å². The fourth-order valence-electron chi connectivity index (χ4n) is 0.883. The van der Waals surface area contributed by atoms with Gasteiger partial charge in [-0.2, -0.15) is 5.26 Å². The maximum atomic E-state index is 8.82. The van der Waals surface area contributed by atoms with E-state index < -0.39 is 0 Å². The molecule has 0 bridgehead atoms. The Hall–Kier alpha value is -0.960. The van der Waals surface area contributed by atoms with Gasteiger partial charge in [0.15, 0.2) is 0 Å². The van der Waals surface area contributed by atoms with Gasteiger partial charge in [-0.05, 0) is 0 Å². The predicted octanol–water partition coefficient (Wildman–Crippen LogP) is 0.944. The van der Waals surface area contributed by atoms with Crippen LogP contribution in [0.5, 0.6) is 0 Å². The maximum Gasteiger partial charge on any atom is 0.132 e. The van der Waals surface area contributed by atoms with E-state index in [9.17, 15) is 0 Å². The molecule has 1 atom stereocenters. The Bertz CT molecular complexity index is 267. The van der Waals surface area contributed by atoms with Crippen molar-refractivity contribution in [2.75, 3.05) is 20.3 Å². The number of rotatable bonds is 5. The Morgan fingerprint density at radius 1 is 1.85 bits per heavy atom. The third kappa shape index (κ3) is 3.11. The standard InChI is InChI=1S/C8H11N3OS/c1-12-3-2-11-7(4-9)8-5-10-6-13-8/h5-7,11H,2-3H2,1H3. The van der Waals surface area contributed by atoms with E-state index in [0.717, 1.165) is 4.88 Å². The minimum absolute atomic E-state index is 0.261. The molecule has 70 valence electrons. The number of methoxy groups -OCH3 is 1. The van der Waals surface area contributed by atoms with Crippen LogP contribution < -0.4 is 5.32 Å². The zero-order valence-corrected chi connectivity index (χ0v) is 8.17. The molecule has 1 rings (SSSR count). The van der Waals surface area contributed by atoms with Gasteiger partial charge in [-0.3, -0.25) is 10.3 Å². The molecule has 0 aliphatic rings. The van der Waals surface area contributed by atoms with Crippen molar-refractivity contribution < 1.29 is 4.74 Å². The molecule has 1 N–H and O–H groups in total. The van der Waals surface area contributed by atoms with Crippen molar-refractivity contribution in [2.45, 2.75) is 6.04 Å². The van der Waals surface area contributed by atoms with Gasteiger partial charge in [-0.1, -0.05) is 0 Å². The first-order chi connectivity index (χ1) is 6.38. The maximum absolute atomic E-state index is 8.82. The predicted molar refractivity (Wildman–Crippen MR) is 50.3 cm³/mol. The van der Waals surface area contributed by atoms with Crippen LogP contribution >= 0.6 is 11.3 Å². The van der Waals surface area contributed by atoms with Crippen molar-refractivity contribution in [1.29, 1.82) is 5.26 Å². The van der Waals surface area contributed by atoms with Crippen molar-refractivity contribution >= 4 is 11.3 Å². The van der Waals surface area contributed by atoms with Gasteiger partial charge in [0.2, 0.25) is 0 Å². The largest absolute Gasteiger partial charge is 0.383 e. The van der Waals surface area contributed by atoms with Crippen LogP contribution in [-0.2, 0) is 4.74 Å². The van der Waals surface area contributed by atoms with Crippen molar-refractivity contribution in [1.82, 2.24) is 10.3 Å². The van der Waals surface area contributed by atoms with E-state index in [1.807, 2.05) is 0 Å². The lowest BCUT2D eigenvalue weighted by atomic mass is 10.3. The topological polar surface area (TPSA) is 57.9 Å². The van der Waals surface area contributed by atoms with Crippen LogP contribution in [0.1, 0.15) is 10.9 Å². The van der Waals surface area contributed by atoms with Crippen LogP contribution in [0.25, 0.3) is 0 Å². The highest BCUT2D eigenvalue weighted by Gasteiger charge is 2.09. The van der Waals surface area contributed by atoms with Gasteiger partial charge in [-0.25, -0.2) is 0 Å². The van der Waals surface area contributed by atoms with Crippen molar-refractivity contribution in [3.8, 4) is 6.07 Å². The minimum Gasteiger partial charge on any atom is -0.383 e. The summed E-state index contributed by atoms with van der Waals surface area (Å²) in [5, 5.41) is 11.9. The lowest BCUT2D eigenvalue weighted by molar-refractivity contribution is 0.198. The van der Waals surface area contributed by atoms with Gasteiger partial charge in [0.1, 0.15) is 6.04 Å². The van der Waals surface area contributed by atoms with Gasteiger partial charge < -0.3 is 4.74 Å². The molecular formula is C8H11N3OS. The summed E-state index contributed by atoms with van der Waals surface area (Å²) in [5.74, 6) is 0. The summed E-state index contributed by atoms with van der Waals surface area (Å²) in [6, 6.07) is 1.91. The second-order valence-corrected chi connectivity index (χ2v) is 3.33. The molecule has 1 aromatic heterocycles. The zero-order chi connectivity index (χ0) is 9.52. The van der Waals surface area contributed by atoms with Crippen LogP contribution in [0, 0.1) is 11.3 Å². The lowest BCUT2D eigenvalue weighted by Gasteiger charge is -2.07. The SMILES string of the molecule is COCCNC(C#N)c1cncs1. The molecule has 0 radical (unpaired) electrons. The molecule has 1 aromatic rings. The Morgan fingerprint density at radius 3 is 3.23 bits per heavy atom. The summed E-state index contributed by atoms with van der Waals surface area (Å²) < 4.78 is 4.87. The molecule has 0 amide bonds. The molecule has 0 aromatic carbocycles. The van der Waals surface area contributed by atoms with E-state index in [4.69, 9.17) is 10.00 Å². The summed E-state index contributed by atoms with van der Waals surface area (Å²) in [7, 11) is 1.63. The molecule has 13 heavy (non-hydrogen) atoms. The van der Waals surface area contributed by atoms with E-state index in [0.29, 0.717) is 13.2 Å². The van der Waals surface area contributed by atoms with Crippen molar-refractivity contribution in [3.63, 3.8) is 0 Å². The Labute approximate surface area is 81.2 Å². The monoisotopic (exact) mass is 197 g/mol. The van der Waals surface area contributed by atoms with E-state index >= 15 is 0 Å². The molecular weight excluding hydrogens is 186 g/mol. The minimum atomic E-state index is -0.261. The summed E-state index contributed by atoms with van der Waals surface area (Å²) in [4.78, 5) is 4.86. The smallest absolute Gasteiger partial charge is 0.132 e. The van der Waals surface area contributed by atoms with Gasteiger partial charge in [0.05, 0.1) is 23.1 Å². The Balaban J connectivity index is 2.41. The van der Waals surface area contributed by atoms with Gasteiger partial charge >= 0.3 is 0 Å². The fraction of sp³-hybridized carbons (Fsp3) is 0.500. The van der Waals surface area contributed by atoms with Crippen LogP contribution in [0.4, 0.5) is 0 Å². The summed E-state index contributed by atoms with van der Waals surface area (Å²) in [6.45, 7) is 1.28. The van der Waals surface area contributed by atoms with E-state index in [1.54, 1.807) is 18.8 Å². The number of hydrogen-bond acceptors (Lipinski definition) is 5. The second-order valence-electron chi connectivity index (χ2n) is 2.41. The van der Waals surface area contributed by atoms with Gasteiger partial charge in [-0.15, -0.1) is 11.3 Å². The van der Waals surface area contributed by atoms with Crippen LogP contribution in [0.15, 0.2) is 11.7 Å². The fourth-order valence-corrected chi connectivity index (χ4v) is 1.52. The highest BCUT2D eigenvalue weighted by molar-refractivity contribution is 7.09. The van der Waals surface area contributed by atoms with Crippen LogP contribution in [0.3, 0.4) is 0 Å². The Morgan fingerprint density at radius 2 is 2.69 bits per heavy atom. The molecule has 5 heteroatoms. The van der Waals surface area contributed by atoms with Crippen LogP contribution in [0.2, 0.25) is 0 Å². The van der Waals surface area contributed by atoms with E-state index in [2.05, 4.69) is 16.4 Å². The first-order valence-corrected chi connectivity index (χ1v) is 4.76. The second kappa shape index (κ2) is 5.65. The first-order valence-electron chi connectivity index (χ1n) is 3.89. The summed E-state index contributed by atoms with van der Waals surface area (Å²) >= 11 is 1.48. The number of hydrogen-bond donors (Lipinski definition) is 1. The number of nitrogens with one attached hydrogen (secondary N) is 1. The van der Waals surface area contributed by atoms with Crippen molar-refractivity contribution in [2.24, 2.45) is 0 Å². The molecule has 0 aliphatic carbocycles. The van der Waals surface area contributed by atoms with Gasteiger partial charge in [0, 0.05) is 19.9 Å². The van der Waals surface area contributed by atoms with Gasteiger partial charge in [0.25, 0.3) is 0 Å². The molecule has 0 saturated carbocycles. The summed E-state index contributed by atoms with van der Waals surface area (Å²) in [5.41, 5.74) is 1.72. The third-order valence-electron chi connectivity index (χ3n) is 1.52. The number of nitriles is 1. The average molecular weight is 197 g/mol. The number of ether oxygens (including phenoxy) is 1. The average Bonchev–Trinajstić information content (AvgIpc) is 2.65. The van der Waals surface area contributed by atoms with E-state index in [1.165, 1.54) is 11.3 Å². The lowest BCUT2D eigenvalue weighted by Crippen LogP contribution is -2.23. The molecule has 0 saturated heterocycles. The highest BCUT2D eigenvalue weighted by Crippen LogP contribution is 2.15. The molecule has 0 aliphatic heterocycles. The normalized spacial score (nSPS) is 12.3. The molecule has 0 fully saturated rings. The van der Waals surface area contributed by atoms with E-state index in [-0.39, 0.29) is 6.04 Å². The molecule has 4 nitrogen and oxygen atoms in total. The zero-order valence-electron chi connectivity index (χ0n) is 7.36. The van der Waals surface area contributed by atoms with Crippen LogP contribution in [-0.4, -0.2) is 25.2 Å².